The van der Waals surface area contributed by atoms with E-state index in [4.69, 9.17) is 5.73 Å². The second-order valence-electron chi connectivity index (χ2n) is 4.39. The molecule has 2 aromatic carbocycles. The molecule has 0 heterocycles. The Morgan fingerprint density at radius 3 is 2.30 bits per heavy atom. The van der Waals surface area contributed by atoms with E-state index in [9.17, 15) is 8.42 Å². The molecule has 2 rings (SSSR count). The molecule has 0 aliphatic carbocycles. The number of benzene rings is 2. The molecule has 0 radical (unpaired) electrons. The van der Waals surface area contributed by atoms with Gasteiger partial charge in [0.1, 0.15) is 0 Å². The van der Waals surface area contributed by atoms with Crippen LogP contribution in [0.3, 0.4) is 0 Å². The molecule has 0 spiro atoms. The second kappa shape index (κ2) is 6.55. The molecule has 0 aromatic heterocycles. The van der Waals surface area contributed by atoms with Crippen LogP contribution in [0.15, 0.2) is 48.5 Å². The minimum absolute atomic E-state index is 0.0523. The predicted molar refractivity (Wildman–Crippen MR) is 89.7 cm³/mol. The van der Waals surface area contributed by atoms with Gasteiger partial charge in [0, 0.05) is 15.8 Å². The third-order valence-electron chi connectivity index (χ3n) is 2.71. The van der Waals surface area contributed by atoms with Crippen LogP contribution in [0.5, 0.6) is 0 Å². The maximum Gasteiger partial charge on any atom is 0.236 e. The van der Waals surface area contributed by atoms with Gasteiger partial charge in [-0.3, -0.25) is 4.72 Å². The van der Waals surface area contributed by atoms with Crippen LogP contribution in [-0.2, 0) is 22.3 Å². The van der Waals surface area contributed by atoms with E-state index in [1.165, 1.54) is 0 Å². The first-order valence-corrected chi connectivity index (χ1v) is 8.75. The molecular weight excluding hydrogens is 387 g/mol. The minimum atomic E-state index is -3.41. The standard InChI is InChI=1S/C14H15IN2O2S/c15-13-2-1-3-14(8-13)17-20(18,19)10-12-6-4-11(9-16)5-7-12/h1-8,17H,9-10,16H2. The minimum Gasteiger partial charge on any atom is -0.326 e. The van der Waals surface area contributed by atoms with Crippen molar-refractivity contribution in [3.05, 3.63) is 63.2 Å². The van der Waals surface area contributed by atoms with Gasteiger partial charge in [0.15, 0.2) is 0 Å². The Balaban J connectivity index is 2.10. The van der Waals surface area contributed by atoms with Crippen LogP contribution < -0.4 is 10.5 Å². The van der Waals surface area contributed by atoms with Crippen molar-refractivity contribution in [2.45, 2.75) is 12.3 Å². The van der Waals surface area contributed by atoms with Gasteiger partial charge < -0.3 is 5.73 Å². The molecule has 3 N–H and O–H groups in total. The zero-order valence-corrected chi connectivity index (χ0v) is 13.7. The van der Waals surface area contributed by atoms with Crippen molar-refractivity contribution in [3.8, 4) is 0 Å². The number of hydrogen-bond acceptors (Lipinski definition) is 3. The zero-order valence-electron chi connectivity index (χ0n) is 10.7. The molecule has 2 aromatic rings. The van der Waals surface area contributed by atoms with E-state index in [0.29, 0.717) is 12.2 Å². The molecule has 0 aliphatic rings. The zero-order chi connectivity index (χ0) is 14.6. The lowest BCUT2D eigenvalue weighted by Crippen LogP contribution is -2.15. The Bertz CT molecular complexity index is 685. The highest BCUT2D eigenvalue weighted by atomic mass is 127. The van der Waals surface area contributed by atoms with Crippen molar-refractivity contribution in [1.29, 1.82) is 0 Å². The Morgan fingerprint density at radius 2 is 1.70 bits per heavy atom. The fourth-order valence-electron chi connectivity index (χ4n) is 1.76. The molecule has 106 valence electrons. The van der Waals surface area contributed by atoms with Crippen LogP contribution in [0.4, 0.5) is 5.69 Å². The highest BCUT2D eigenvalue weighted by molar-refractivity contribution is 14.1. The van der Waals surface area contributed by atoms with Gasteiger partial charge in [-0.25, -0.2) is 8.42 Å². The second-order valence-corrected chi connectivity index (χ2v) is 7.36. The summed E-state index contributed by atoms with van der Waals surface area (Å²) in [4.78, 5) is 0. The number of nitrogens with two attached hydrogens (primary N) is 1. The van der Waals surface area contributed by atoms with Gasteiger partial charge in [-0.1, -0.05) is 30.3 Å². The third kappa shape index (κ3) is 4.46. The average Bonchev–Trinajstić information content (AvgIpc) is 2.38. The molecule has 4 nitrogen and oxygen atoms in total. The molecule has 0 aliphatic heterocycles. The Morgan fingerprint density at radius 1 is 1.05 bits per heavy atom. The van der Waals surface area contributed by atoms with E-state index in [2.05, 4.69) is 27.3 Å². The maximum atomic E-state index is 12.1. The fraction of sp³-hybridized carbons (Fsp3) is 0.143. The first kappa shape index (κ1) is 15.3. The topological polar surface area (TPSA) is 72.2 Å². The van der Waals surface area contributed by atoms with E-state index in [1.807, 2.05) is 24.3 Å². The molecule has 6 heteroatoms. The number of rotatable bonds is 5. The molecule has 0 saturated carbocycles. The lowest BCUT2D eigenvalue weighted by molar-refractivity contribution is 0.600. The van der Waals surface area contributed by atoms with Gasteiger partial charge in [0.25, 0.3) is 0 Å². The molecule has 0 saturated heterocycles. The number of anilines is 1. The lowest BCUT2D eigenvalue weighted by atomic mass is 10.1. The Hall–Kier alpha value is -1.12. The lowest BCUT2D eigenvalue weighted by Gasteiger charge is -2.09. The van der Waals surface area contributed by atoms with E-state index < -0.39 is 10.0 Å². The van der Waals surface area contributed by atoms with Gasteiger partial charge in [-0.05, 0) is 51.9 Å². The Labute approximate surface area is 132 Å². The molecule has 0 amide bonds. The molecule has 20 heavy (non-hydrogen) atoms. The number of hydrogen-bond donors (Lipinski definition) is 2. The summed E-state index contributed by atoms with van der Waals surface area (Å²) in [6, 6.07) is 14.5. The maximum absolute atomic E-state index is 12.1. The van der Waals surface area contributed by atoms with Crippen molar-refractivity contribution >= 4 is 38.3 Å². The summed E-state index contributed by atoms with van der Waals surface area (Å²) in [7, 11) is -3.41. The summed E-state index contributed by atoms with van der Waals surface area (Å²) in [6.07, 6.45) is 0. The molecule has 0 atom stereocenters. The van der Waals surface area contributed by atoms with Gasteiger partial charge in [-0.15, -0.1) is 0 Å². The van der Waals surface area contributed by atoms with Crippen LogP contribution >= 0.6 is 22.6 Å². The summed E-state index contributed by atoms with van der Waals surface area (Å²) in [5, 5.41) is 0. The predicted octanol–water partition coefficient (Wildman–Crippen LogP) is 2.69. The van der Waals surface area contributed by atoms with Crippen LogP contribution in [0.1, 0.15) is 11.1 Å². The fourth-order valence-corrected chi connectivity index (χ4v) is 3.49. The molecule has 0 bridgehead atoms. The van der Waals surface area contributed by atoms with Gasteiger partial charge in [-0.2, -0.15) is 0 Å². The monoisotopic (exact) mass is 402 g/mol. The van der Waals surface area contributed by atoms with E-state index in [0.717, 1.165) is 14.7 Å². The molecule has 0 fully saturated rings. The van der Waals surface area contributed by atoms with E-state index >= 15 is 0 Å². The number of halogens is 1. The quantitative estimate of drug-likeness (QED) is 0.756. The summed E-state index contributed by atoms with van der Waals surface area (Å²) < 4.78 is 27.8. The van der Waals surface area contributed by atoms with Crippen molar-refractivity contribution in [2.24, 2.45) is 5.73 Å². The summed E-state index contributed by atoms with van der Waals surface area (Å²) in [5.74, 6) is -0.0523. The molecule has 0 unspecified atom stereocenters. The van der Waals surface area contributed by atoms with Gasteiger partial charge >= 0.3 is 0 Å². The summed E-state index contributed by atoms with van der Waals surface area (Å²) in [6.45, 7) is 0.452. The van der Waals surface area contributed by atoms with Crippen molar-refractivity contribution in [3.63, 3.8) is 0 Å². The van der Waals surface area contributed by atoms with Crippen LogP contribution in [0.2, 0.25) is 0 Å². The number of sulfonamides is 1. The van der Waals surface area contributed by atoms with Crippen molar-refractivity contribution in [1.82, 2.24) is 0 Å². The third-order valence-corrected chi connectivity index (χ3v) is 4.64. The highest BCUT2D eigenvalue weighted by Gasteiger charge is 2.11. The first-order chi connectivity index (χ1) is 9.48. The summed E-state index contributed by atoms with van der Waals surface area (Å²) >= 11 is 2.14. The smallest absolute Gasteiger partial charge is 0.236 e. The Kier molecular flexibility index (Phi) is 5.00. The SMILES string of the molecule is NCc1ccc(CS(=O)(=O)Nc2cccc(I)c2)cc1. The molecular formula is C14H15IN2O2S. The van der Waals surface area contributed by atoms with Crippen molar-refractivity contribution in [2.75, 3.05) is 4.72 Å². The van der Waals surface area contributed by atoms with Crippen LogP contribution in [0, 0.1) is 3.57 Å². The van der Waals surface area contributed by atoms with E-state index in [-0.39, 0.29) is 5.75 Å². The van der Waals surface area contributed by atoms with Crippen LogP contribution in [0.25, 0.3) is 0 Å². The highest BCUT2D eigenvalue weighted by Crippen LogP contribution is 2.16. The summed E-state index contributed by atoms with van der Waals surface area (Å²) in [5.41, 5.74) is 7.81. The van der Waals surface area contributed by atoms with E-state index in [1.54, 1.807) is 24.3 Å². The normalized spacial score (nSPS) is 11.3. The van der Waals surface area contributed by atoms with Crippen LogP contribution in [-0.4, -0.2) is 8.42 Å². The number of nitrogens with one attached hydrogen (secondary N) is 1. The average molecular weight is 402 g/mol. The van der Waals surface area contributed by atoms with Gasteiger partial charge in [0.05, 0.1) is 5.75 Å². The van der Waals surface area contributed by atoms with Gasteiger partial charge in [0.2, 0.25) is 10.0 Å². The first-order valence-electron chi connectivity index (χ1n) is 6.02. The van der Waals surface area contributed by atoms with Crippen molar-refractivity contribution < 1.29 is 8.42 Å². The largest absolute Gasteiger partial charge is 0.326 e.